The minimum absolute atomic E-state index is 0.0493. The van der Waals surface area contributed by atoms with E-state index < -0.39 is 0 Å². The zero-order valence-corrected chi connectivity index (χ0v) is 15.1. The van der Waals surface area contributed by atoms with E-state index in [4.69, 9.17) is 15.3 Å². The van der Waals surface area contributed by atoms with Crippen molar-refractivity contribution in [3.63, 3.8) is 0 Å². The number of ether oxygens (including phenoxy) is 1. The molecule has 0 heterocycles. The standard InChI is InChI=1S/C14H11BrIN3O2/c1-19(2)14(20)10(8-18)5-9-6-11(15)13(12(16)7-9)21-4-3-17/h5-7H,4H2,1-2H3/b10-5-. The van der Waals surface area contributed by atoms with Crippen LogP contribution < -0.4 is 4.74 Å². The molecule has 0 aliphatic carbocycles. The molecule has 0 radical (unpaired) electrons. The highest BCUT2D eigenvalue weighted by molar-refractivity contribution is 14.1. The molecule has 1 aromatic carbocycles. The number of carbonyl (C=O) groups is 1. The third-order valence-electron chi connectivity index (χ3n) is 2.37. The Balaban J connectivity index is 3.19. The van der Waals surface area contributed by atoms with Crippen LogP contribution in [-0.2, 0) is 4.79 Å². The van der Waals surface area contributed by atoms with Crippen LogP contribution in [0.2, 0.25) is 0 Å². The van der Waals surface area contributed by atoms with Crippen LogP contribution in [0.1, 0.15) is 5.56 Å². The summed E-state index contributed by atoms with van der Waals surface area (Å²) in [5.41, 5.74) is 0.746. The fourth-order valence-corrected chi connectivity index (χ4v) is 3.22. The van der Waals surface area contributed by atoms with Gasteiger partial charge in [0.25, 0.3) is 5.91 Å². The molecule has 0 unspecified atom stereocenters. The van der Waals surface area contributed by atoms with Crippen LogP contribution in [-0.4, -0.2) is 31.5 Å². The first-order chi connectivity index (χ1) is 9.90. The van der Waals surface area contributed by atoms with Gasteiger partial charge in [-0.05, 0) is 62.3 Å². The molecule has 5 nitrogen and oxygen atoms in total. The molecule has 0 fully saturated rings. The number of likely N-dealkylation sites (N-methyl/N-ethyl adjacent to an activating group) is 1. The summed E-state index contributed by atoms with van der Waals surface area (Å²) < 4.78 is 6.75. The van der Waals surface area contributed by atoms with Crippen molar-refractivity contribution in [3.8, 4) is 17.9 Å². The molecule has 7 heteroatoms. The molecule has 0 spiro atoms. The predicted octanol–water partition coefficient (Wildman–Crippen LogP) is 2.95. The highest BCUT2D eigenvalue weighted by Crippen LogP contribution is 2.32. The van der Waals surface area contributed by atoms with Gasteiger partial charge in [0.2, 0.25) is 0 Å². The van der Waals surface area contributed by atoms with E-state index in [0.717, 1.165) is 3.57 Å². The normalized spacial score (nSPS) is 10.5. The molecule has 0 N–H and O–H groups in total. The molecule has 1 aromatic rings. The molecule has 0 aromatic heterocycles. The number of rotatable bonds is 4. The quantitative estimate of drug-likeness (QED) is 0.394. The van der Waals surface area contributed by atoms with Gasteiger partial charge in [-0.1, -0.05) is 0 Å². The molecule has 108 valence electrons. The Bertz CT molecular complexity index is 649. The lowest BCUT2D eigenvalue weighted by Crippen LogP contribution is -2.22. The van der Waals surface area contributed by atoms with Crippen molar-refractivity contribution < 1.29 is 9.53 Å². The second kappa shape index (κ2) is 8.01. The molecule has 1 amide bonds. The van der Waals surface area contributed by atoms with Gasteiger partial charge in [-0.3, -0.25) is 4.79 Å². The Labute approximate surface area is 145 Å². The average Bonchev–Trinajstić information content (AvgIpc) is 2.43. The fourth-order valence-electron chi connectivity index (χ4n) is 1.45. The summed E-state index contributed by atoms with van der Waals surface area (Å²) in [7, 11) is 3.18. The molecular weight excluding hydrogens is 449 g/mol. The van der Waals surface area contributed by atoms with Gasteiger partial charge in [-0.2, -0.15) is 10.5 Å². The van der Waals surface area contributed by atoms with Crippen LogP contribution >= 0.6 is 38.5 Å². The van der Waals surface area contributed by atoms with Crippen molar-refractivity contribution >= 4 is 50.5 Å². The number of carbonyl (C=O) groups excluding carboxylic acids is 1. The molecule has 0 saturated carbocycles. The van der Waals surface area contributed by atoms with Crippen molar-refractivity contribution in [2.24, 2.45) is 0 Å². The maximum atomic E-state index is 11.8. The predicted molar refractivity (Wildman–Crippen MR) is 90.3 cm³/mol. The smallest absolute Gasteiger partial charge is 0.264 e. The summed E-state index contributed by atoms with van der Waals surface area (Å²) in [6.45, 7) is -0.0493. The summed E-state index contributed by atoms with van der Waals surface area (Å²) in [5.74, 6) is 0.209. The number of hydrogen-bond donors (Lipinski definition) is 0. The average molecular weight is 460 g/mol. The van der Waals surface area contributed by atoms with Crippen LogP contribution in [0.15, 0.2) is 22.2 Å². The molecule has 0 aliphatic heterocycles. The Kier molecular flexibility index (Phi) is 6.66. The molecule has 1 rings (SSSR count). The van der Waals surface area contributed by atoms with Crippen LogP contribution in [0.3, 0.4) is 0 Å². The molecular formula is C14H11BrIN3O2. The SMILES string of the molecule is CN(C)C(=O)/C(C#N)=C\c1cc(Br)c(OCC#N)c(I)c1. The van der Waals surface area contributed by atoms with Crippen molar-refractivity contribution in [3.05, 3.63) is 31.3 Å². The Hall–Kier alpha value is -1.58. The molecule has 0 saturated heterocycles. The molecule has 0 bridgehead atoms. The summed E-state index contributed by atoms with van der Waals surface area (Å²) in [4.78, 5) is 13.2. The van der Waals surface area contributed by atoms with Gasteiger partial charge in [0, 0.05) is 14.1 Å². The molecule has 21 heavy (non-hydrogen) atoms. The lowest BCUT2D eigenvalue weighted by molar-refractivity contribution is -0.124. The van der Waals surface area contributed by atoms with E-state index in [9.17, 15) is 4.79 Å². The number of amides is 1. The van der Waals surface area contributed by atoms with E-state index in [1.807, 2.05) is 12.1 Å². The molecule has 0 aliphatic rings. The van der Waals surface area contributed by atoms with Crippen molar-refractivity contribution in [1.82, 2.24) is 4.90 Å². The lowest BCUT2D eigenvalue weighted by atomic mass is 10.1. The van der Waals surface area contributed by atoms with E-state index in [1.165, 1.54) is 11.0 Å². The van der Waals surface area contributed by atoms with Crippen LogP contribution in [0.4, 0.5) is 0 Å². The van der Waals surface area contributed by atoms with Gasteiger partial charge in [0.15, 0.2) is 6.61 Å². The first-order valence-corrected chi connectivity index (χ1v) is 7.60. The van der Waals surface area contributed by atoms with Gasteiger partial charge in [-0.15, -0.1) is 0 Å². The van der Waals surface area contributed by atoms with E-state index >= 15 is 0 Å². The van der Waals surface area contributed by atoms with Crippen molar-refractivity contribution in [2.75, 3.05) is 20.7 Å². The number of benzene rings is 1. The number of nitriles is 2. The van der Waals surface area contributed by atoms with Crippen LogP contribution in [0, 0.1) is 26.2 Å². The lowest BCUT2D eigenvalue weighted by Gasteiger charge is -2.10. The number of nitrogens with zero attached hydrogens (tertiary/aromatic N) is 3. The first kappa shape index (κ1) is 17.5. The highest BCUT2D eigenvalue weighted by Gasteiger charge is 2.13. The maximum absolute atomic E-state index is 11.8. The topological polar surface area (TPSA) is 77.1 Å². The fraction of sp³-hybridized carbons (Fsp3) is 0.214. The monoisotopic (exact) mass is 459 g/mol. The Morgan fingerprint density at radius 2 is 2.14 bits per heavy atom. The summed E-state index contributed by atoms with van der Waals surface area (Å²) in [6.07, 6.45) is 1.52. The van der Waals surface area contributed by atoms with Crippen molar-refractivity contribution in [1.29, 1.82) is 10.5 Å². The third kappa shape index (κ3) is 4.73. The van der Waals surface area contributed by atoms with Gasteiger partial charge in [-0.25, -0.2) is 0 Å². The third-order valence-corrected chi connectivity index (χ3v) is 3.76. The highest BCUT2D eigenvalue weighted by atomic mass is 127. The molecule has 0 atom stereocenters. The second-order valence-corrected chi connectivity index (χ2v) is 6.15. The largest absolute Gasteiger partial charge is 0.476 e. The Morgan fingerprint density at radius 3 is 2.62 bits per heavy atom. The first-order valence-electron chi connectivity index (χ1n) is 5.73. The summed E-state index contributed by atoms with van der Waals surface area (Å²) >= 11 is 5.43. The zero-order valence-electron chi connectivity index (χ0n) is 11.4. The van der Waals surface area contributed by atoms with Crippen molar-refractivity contribution in [2.45, 2.75) is 0 Å². The van der Waals surface area contributed by atoms with E-state index in [1.54, 1.807) is 26.2 Å². The Morgan fingerprint density at radius 1 is 1.48 bits per heavy atom. The number of hydrogen-bond acceptors (Lipinski definition) is 4. The zero-order chi connectivity index (χ0) is 16.0. The van der Waals surface area contributed by atoms with Gasteiger partial charge in [0.1, 0.15) is 23.5 Å². The van der Waals surface area contributed by atoms with E-state index in [2.05, 4.69) is 38.5 Å². The summed E-state index contributed by atoms with van der Waals surface area (Å²) in [6, 6.07) is 7.31. The van der Waals surface area contributed by atoms with Gasteiger partial charge >= 0.3 is 0 Å². The van der Waals surface area contributed by atoms with Crippen LogP contribution in [0.25, 0.3) is 6.08 Å². The van der Waals surface area contributed by atoms with Crippen LogP contribution in [0.5, 0.6) is 5.75 Å². The van der Waals surface area contributed by atoms with Gasteiger partial charge in [0.05, 0.1) is 8.04 Å². The minimum atomic E-state index is -0.353. The van der Waals surface area contributed by atoms with Gasteiger partial charge < -0.3 is 9.64 Å². The second-order valence-electron chi connectivity index (χ2n) is 4.13. The minimum Gasteiger partial charge on any atom is -0.476 e. The number of halogens is 2. The summed E-state index contributed by atoms with van der Waals surface area (Å²) in [5, 5.41) is 17.6. The van der Waals surface area contributed by atoms with E-state index in [-0.39, 0.29) is 18.1 Å². The van der Waals surface area contributed by atoms with E-state index in [0.29, 0.717) is 15.8 Å². The maximum Gasteiger partial charge on any atom is 0.264 e.